The molecule has 0 spiro atoms. The molecule has 1 unspecified atom stereocenters. The van der Waals surface area contributed by atoms with Crippen LogP contribution in [0.4, 0.5) is 0 Å². The lowest BCUT2D eigenvalue weighted by Gasteiger charge is -2.18. The van der Waals surface area contributed by atoms with Gasteiger partial charge in [0.1, 0.15) is 13.2 Å². The maximum Gasteiger partial charge on any atom is 0.306 e. The van der Waals surface area contributed by atoms with Crippen LogP contribution in [0.3, 0.4) is 0 Å². The largest absolute Gasteiger partial charge is 0.462 e. The van der Waals surface area contributed by atoms with Crippen LogP contribution >= 0.6 is 0 Å². The summed E-state index contributed by atoms with van der Waals surface area (Å²) < 4.78 is 16.9. The van der Waals surface area contributed by atoms with Gasteiger partial charge in [-0.3, -0.25) is 14.4 Å². The van der Waals surface area contributed by atoms with Gasteiger partial charge in [0.15, 0.2) is 6.10 Å². The van der Waals surface area contributed by atoms with Gasteiger partial charge in [-0.15, -0.1) is 0 Å². The van der Waals surface area contributed by atoms with Crippen LogP contribution in [-0.4, -0.2) is 37.2 Å². The molecule has 0 saturated carbocycles. The zero-order valence-electron chi connectivity index (χ0n) is 45.4. The predicted molar refractivity (Wildman–Crippen MR) is 293 cm³/mol. The molecule has 0 aliphatic rings. The van der Waals surface area contributed by atoms with Crippen molar-refractivity contribution in [3.8, 4) is 0 Å². The van der Waals surface area contributed by atoms with E-state index in [0.717, 1.165) is 96.3 Å². The SMILES string of the molecule is CC/C=C\C/C=C\C/C=C\C/C=C\CCCCCCC(=O)OC(COC(=O)CCCCCCCCCCCCCCCC)COC(=O)CCCCCCCCCCCCCCCCCCCCC. The number of hydrogen-bond donors (Lipinski definition) is 0. The molecule has 0 N–H and O–H groups in total. The highest BCUT2D eigenvalue weighted by Crippen LogP contribution is 2.17. The van der Waals surface area contributed by atoms with Crippen LogP contribution < -0.4 is 0 Å². The number of unbranched alkanes of at least 4 members (excludes halogenated alkanes) is 35. The number of esters is 3. The van der Waals surface area contributed by atoms with Crippen molar-refractivity contribution >= 4 is 17.9 Å². The van der Waals surface area contributed by atoms with Crippen LogP contribution in [0.2, 0.25) is 0 Å². The van der Waals surface area contributed by atoms with Gasteiger partial charge in [0.2, 0.25) is 0 Å². The lowest BCUT2D eigenvalue weighted by Crippen LogP contribution is -2.30. The zero-order valence-corrected chi connectivity index (χ0v) is 45.4. The van der Waals surface area contributed by atoms with Gasteiger partial charge < -0.3 is 14.2 Å². The first-order chi connectivity index (χ1) is 33.5. The second-order valence-corrected chi connectivity index (χ2v) is 19.9. The average molecular weight is 954 g/mol. The van der Waals surface area contributed by atoms with Crippen molar-refractivity contribution in [3.05, 3.63) is 48.6 Å². The van der Waals surface area contributed by atoms with E-state index in [1.54, 1.807) is 0 Å². The second kappa shape index (κ2) is 57.0. The maximum atomic E-state index is 12.9. The summed E-state index contributed by atoms with van der Waals surface area (Å²) in [6.07, 6.45) is 69.6. The minimum absolute atomic E-state index is 0.0787. The molecule has 6 nitrogen and oxygen atoms in total. The number of rotatable bonds is 54. The quantitative estimate of drug-likeness (QED) is 0.0262. The van der Waals surface area contributed by atoms with E-state index in [1.165, 1.54) is 173 Å². The Morgan fingerprint density at radius 2 is 0.574 bits per heavy atom. The lowest BCUT2D eigenvalue weighted by molar-refractivity contribution is -0.167. The Labute approximate surface area is 422 Å². The highest BCUT2D eigenvalue weighted by Gasteiger charge is 2.19. The number of carbonyl (C=O) groups excluding carboxylic acids is 3. The molecule has 396 valence electrons. The van der Waals surface area contributed by atoms with E-state index in [0.29, 0.717) is 19.3 Å². The van der Waals surface area contributed by atoms with Crippen LogP contribution in [0.15, 0.2) is 48.6 Å². The first-order valence-electron chi connectivity index (χ1n) is 29.6. The molecule has 1 atom stereocenters. The number of carbonyl (C=O) groups is 3. The van der Waals surface area contributed by atoms with Gasteiger partial charge in [0, 0.05) is 19.3 Å². The topological polar surface area (TPSA) is 78.9 Å². The number of ether oxygens (including phenoxy) is 3. The van der Waals surface area contributed by atoms with Crippen molar-refractivity contribution < 1.29 is 28.6 Å². The summed E-state index contributed by atoms with van der Waals surface area (Å²) in [5.41, 5.74) is 0. The predicted octanol–water partition coefficient (Wildman–Crippen LogP) is 19.8. The van der Waals surface area contributed by atoms with Gasteiger partial charge in [-0.25, -0.2) is 0 Å². The molecule has 0 aliphatic carbocycles. The van der Waals surface area contributed by atoms with Gasteiger partial charge in [-0.1, -0.05) is 281 Å². The van der Waals surface area contributed by atoms with Crippen molar-refractivity contribution in [1.29, 1.82) is 0 Å². The van der Waals surface area contributed by atoms with E-state index in [9.17, 15) is 14.4 Å². The van der Waals surface area contributed by atoms with Gasteiger partial charge >= 0.3 is 17.9 Å². The first kappa shape index (κ1) is 65.4. The summed E-state index contributed by atoms with van der Waals surface area (Å²) in [6.45, 7) is 6.55. The molecule has 0 rings (SSSR count). The minimum Gasteiger partial charge on any atom is -0.462 e. The highest BCUT2D eigenvalue weighted by atomic mass is 16.6. The van der Waals surface area contributed by atoms with E-state index < -0.39 is 6.10 Å². The van der Waals surface area contributed by atoms with Crippen LogP contribution in [-0.2, 0) is 28.6 Å². The Kier molecular flexibility index (Phi) is 54.8. The number of allylic oxidation sites excluding steroid dienone is 8. The van der Waals surface area contributed by atoms with Gasteiger partial charge in [0.25, 0.3) is 0 Å². The molecule has 0 fully saturated rings. The van der Waals surface area contributed by atoms with Crippen molar-refractivity contribution in [2.24, 2.45) is 0 Å². The summed E-state index contributed by atoms with van der Waals surface area (Å²) in [5, 5.41) is 0. The summed E-state index contributed by atoms with van der Waals surface area (Å²) in [7, 11) is 0. The molecular formula is C62H112O6. The molecule has 0 heterocycles. The fourth-order valence-corrected chi connectivity index (χ4v) is 8.67. The monoisotopic (exact) mass is 953 g/mol. The van der Waals surface area contributed by atoms with E-state index in [2.05, 4.69) is 69.4 Å². The third-order valence-electron chi connectivity index (χ3n) is 13.1. The zero-order chi connectivity index (χ0) is 49.3. The Balaban J connectivity index is 4.36. The highest BCUT2D eigenvalue weighted by molar-refractivity contribution is 5.71. The Morgan fingerprint density at radius 3 is 0.897 bits per heavy atom. The van der Waals surface area contributed by atoms with Crippen molar-refractivity contribution in [1.82, 2.24) is 0 Å². The molecule has 0 bridgehead atoms. The van der Waals surface area contributed by atoms with Crippen molar-refractivity contribution in [2.45, 2.75) is 316 Å². The van der Waals surface area contributed by atoms with Gasteiger partial charge in [-0.2, -0.15) is 0 Å². The molecule has 0 aliphatic heterocycles. The number of hydrogen-bond acceptors (Lipinski definition) is 6. The van der Waals surface area contributed by atoms with E-state index >= 15 is 0 Å². The van der Waals surface area contributed by atoms with Crippen LogP contribution in [0.25, 0.3) is 0 Å². The molecule has 0 radical (unpaired) electrons. The van der Waals surface area contributed by atoms with Gasteiger partial charge in [-0.05, 0) is 57.8 Å². The molecule has 0 aromatic rings. The fourth-order valence-electron chi connectivity index (χ4n) is 8.67. The smallest absolute Gasteiger partial charge is 0.306 e. The molecule has 0 amide bonds. The van der Waals surface area contributed by atoms with E-state index in [1.807, 2.05) is 0 Å². The van der Waals surface area contributed by atoms with Crippen LogP contribution in [0.1, 0.15) is 310 Å². The summed E-state index contributed by atoms with van der Waals surface area (Å²) >= 11 is 0. The lowest BCUT2D eigenvalue weighted by atomic mass is 10.0. The molecule has 0 aromatic carbocycles. The fraction of sp³-hybridized carbons (Fsp3) is 0.823. The average Bonchev–Trinajstić information content (AvgIpc) is 3.34. The molecule has 6 heteroatoms. The Morgan fingerprint density at radius 1 is 0.309 bits per heavy atom. The minimum atomic E-state index is -0.782. The molecular weight excluding hydrogens is 841 g/mol. The summed E-state index contributed by atoms with van der Waals surface area (Å²) in [5.74, 6) is -0.884. The maximum absolute atomic E-state index is 12.9. The van der Waals surface area contributed by atoms with Crippen LogP contribution in [0.5, 0.6) is 0 Å². The molecule has 68 heavy (non-hydrogen) atoms. The van der Waals surface area contributed by atoms with Crippen molar-refractivity contribution in [3.63, 3.8) is 0 Å². The molecule has 0 aromatic heterocycles. The van der Waals surface area contributed by atoms with Gasteiger partial charge in [0.05, 0.1) is 0 Å². The van der Waals surface area contributed by atoms with Crippen molar-refractivity contribution in [2.75, 3.05) is 13.2 Å². The third-order valence-corrected chi connectivity index (χ3v) is 13.1. The third kappa shape index (κ3) is 54.3. The Bertz CT molecular complexity index is 1190. The van der Waals surface area contributed by atoms with Crippen LogP contribution in [0, 0.1) is 0 Å². The Hall–Kier alpha value is -2.63. The summed E-state index contributed by atoms with van der Waals surface area (Å²) in [6, 6.07) is 0. The normalized spacial score (nSPS) is 12.3. The standard InChI is InChI=1S/C62H112O6/c1-4-7-10-13-16-19-22-25-28-30-31-33-34-37-40-43-46-49-52-55-61(64)67-58-59(57-66-60(63)54-51-48-45-42-39-36-27-24-21-18-15-12-9-6-3)68-62(65)56-53-50-47-44-41-38-35-32-29-26-23-20-17-14-11-8-5-2/h8,11,17,20,26,29,35,38,59H,4-7,9-10,12-16,18-19,21-25,27-28,30-34,36-37,39-58H2,1-3H3/b11-8-,20-17-,29-26-,38-35-. The second-order valence-electron chi connectivity index (χ2n) is 19.9. The molecule has 0 saturated heterocycles. The first-order valence-corrected chi connectivity index (χ1v) is 29.6. The summed E-state index contributed by atoms with van der Waals surface area (Å²) in [4.78, 5) is 38.2. The van der Waals surface area contributed by atoms with E-state index in [4.69, 9.17) is 14.2 Å². The van der Waals surface area contributed by atoms with E-state index in [-0.39, 0.29) is 31.1 Å².